The Bertz CT molecular complexity index is 500. The lowest BCUT2D eigenvalue weighted by Gasteiger charge is -2.05. The van der Waals surface area contributed by atoms with E-state index in [0.29, 0.717) is 6.01 Å². The Morgan fingerprint density at radius 2 is 1.81 bits per heavy atom. The zero-order valence-corrected chi connectivity index (χ0v) is 11.6. The van der Waals surface area contributed by atoms with Crippen molar-refractivity contribution in [1.29, 1.82) is 0 Å². The summed E-state index contributed by atoms with van der Waals surface area (Å²) in [6, 6.07) is 6.06. The van der Waals surface area contributed by atoms with Gasteiger partial charge < -0.3 is 4.74 Å². The third kappa shape index (κ3) is 2.80. The molecule has 82 valence electrons. The maximum atomic E-state index is 5.51. The topological polar surface area (TPSA) is 35.0 Å². The zero-order valence-electron chi connectivity index (χ0n) is 8.45. The van der Waals surface area contributed by atoms with Gasteiger partial charge in [-0.3, -0.25) is 0 Å². The first kappa shape index (κ1) is 11.5. The molecular weight excluding hydrogens is 336 g/mol. The molecule has 0 amide bonds. The van der Waals surface area contributed by atoms with Crippen LogP contribution in [0.5, 0.6) is 11.8 Å². The Balaban J connectivity index is 2.20. The van der Waals surface area contributed by atoms with Crippen LogP contribution in [0.2, 0.25) is 0 Å². The van der Waals surface area contributed by atoms with E-state index in [9.17, 15) is 0 Å². The molecule has 1 heterocycles. The lowest BCUT2D eigenvalue weighted by atomic mass is 10.2. The van der Waals surface area contributed by atoms with Gasteiger partial charge in [0.25, 0.3) is 0 Å². The second-order valence-electron chi connectivity index (χ2n) is 3.20. The number of nitrogens with zero attached hydrogens (tertiary/aromatic N) is 2. The van der Waals surface area contributed by atoms with Crippen LogP contribution in [0.15, 0.2) is 39.5 Å². The molecule has 0 N–H and O–H groups in total. The molecule has 5 heteroatoms. The predicted molar refractivity (Wildman–Crippen MR) is 68.7 cm³/mol. The first-order valence-corrected chi connectivity index (χ1v) is 6.15. The van der Waals surface area contributed by atoms with E-state index in [0.717, 1.165) is 20.3 Å². The third-order valence-corrected chi connectivity index (χ3v) is 3.23. The van der Waals surface area contributed by atoms with Gasteiger partial charge in [-0.2, -0.15) is 0 Å². The van der Waals surface area contributed by atoms with Gasteiger partial charge in [-0.25, -0.2) is 9.97 Å². The number of benzene rings is 1. The summed E-state index contributed by atoms with van der Waals surface area (Å²) in [7, 11) is 0. The van der Waals surface area contributed by atoms with Crippen LogP contribution in [0.25, 0.3) is 0 Å². The van der Waals surface area contributed by atoms with Gasteiger partial charge in [0.15, 0.2) is 0 Å². The highest BCUT2D eigenvalue weighted by molar-refractivity contribution is 9.10. The summed E-state index contributed by atoms with van der Waals surface area (Å²) >= 11 is 6.70. The minimum atomic E-state index is 0.338. The van der Waals surface area contributed by atoms with E-state index in [1.807, 2.05) is 25.1 Å². The summed E-state index contributed by atoms with van der Waals surface area (Å²) in [6.45, 7) is 2.00. The fourth-order valence-electron chi connectivity index (χ4n) is 1.14. The Kier molecular flexibility index (Phi) is 3.56. The van der Waals surface area contributed by atoms with E-state index >= 15 is 0 Å². The Morgan fingerprint density at radius 1 is 1.12 bits per heavy atom. The lowest BCUT2D eigenvalue weighted by Crippen LogP contribution is -1.91. The van der Waals surface area contributed by atoms with Crippen molar-refractivity contribution in [3.8, 4) is 11.8 Å². The zero-order chi connectivity index (χ0) is 11.5. The molecule has 16 heavy (non-hydrogen) atoms. The normalized spacial score (nSPS) is 10.2. The number of ether oxygens (including phenoxy) is 1. The number of aryl methyl sites for hydroxylation is 1. The van der Waals surface area contributed by atoms with Gasteiger partial charge in [0.1, 0.15) is 5.75 Å². The summed E-state index contributed by atoms with van der Waals surface area (Å²) in [4.78, 5) is 8.07. The minimum Gasteiger partial charge on any atom is -0.424 e. The molecule has 0 saturated carbocycles. The molecule has 0 saturated heterocycles. The molecule has 0 atom stereocenters. The summed E-state index contributed by atoms with van der Waals surface area (Å²) in [5, 5.41) is 0. The lowest BCUT2D eigenvalue weighted by molar-refractivity contribution is 0.441. The molecule has 2 rings (SSSR count). The van der Waals surface area contributed by atoms with Gasteiger partial charge >= 0.3 is 6.01 Å². The largest absolute Gasteiger partial charge is 0.424 e. The molecule has 0 aliphatic heterocycles. The average molecular weight is 344 g/mol. The fraction of sp³-hybridized carbons (Fsp3) is 0.0909. The quantitative estimate of drug-likeness (QED) is 0.823. The second-order valence-corrected chi connectivity index (χ2v) is 4.97. The second kappa shape index (κ2) is 4.93. The monoisotopic (exact) mass is 342 g/mol. The number of rotatable bonds is 2. The standard InChI is InChI=1S/C11H8Br2N2O/c1-7-4-9(2-3-10(7)13)16-11-14-5-8(12)6-15-11/h2-6H,1H3. The number of hydrogen-bond acceptors (Lipinski definition) is 3. The molecule has 0 spiro atoms. The van der Waals surface area contributed by atoms with E-state index in [2.05, 4.69) is 41.8 Å². The van der Waals surface area contributed by atoms with Crippen LogP contribution >= 0.6 is 31.9 Å². The van der Waals surface area contributed by atoms with Crippen LogP contribution in [0.3, 0.4) is 0 Å². The molecule has 0 aliphatic carbocycles. The van der Waals surface area contributed by atoms with Gasteiger partial charge in [0, 0.05) is 16.9 Å². The van der Waals surface area contributed by atoms with Crippen LogP contribution in [0.4, 0.5) is 0 Å². The molecule has 0 fully saturated rings. The molecule has 1 aromatic heterocycles. The highest BCUT2D eigenvalue weighted by atomic mass is 79.9. The summed E-state index contributed by atoms with van der Waals surface area (Å²) in [5.41, 5.74) is 1.11. The highest BCUT2D eigenvalue weighted by Gasteiger charge is 2.02. The third-order valence-electron chi connectivity index (χ3n) is 1.94. The van der Waals surface area contributed by atoms with E-state index in [-0.39, 0.29) is 0 Å². The SMILES string of the molecule is Cc1cc(Oc2ncc(Br)cn2)ccc1Br. The number of aromatic nitrogens is 2. The maximum Gasteiger partial charge on any atom is 0.321 e. The summed E-state index contributed by atoms with van der Waals surface area (Å²) in [5.74, 6) is 0.725. The number of hydrogen-bond donors (Lipinski definition) is 0. The minimum absolute atomic E-state index is 0.338. The fourth-order valence-corrected chi connectivity index (χ4v) is 1.59. The van der Waals surface area contributed by atoms with Gasteiger partial charge in [0.05, 0.1) is 4.47 Å². The maximum absolute atomic E-state index is 5.51. The Hall–Kier alpha value is -0.940. The molecule has 0 unspecified atom stereocenters. The molecule has 0 aliphatic rings. The van der Waals surface area contributed by atoms with E-state index in [4.69, 9.17) is 4.74 Å². The summed E-state index contributed by atoms with van der Waals surface area (Å²) in [6.07, 6.45) is 3.29. The van der Waals surface area contributed by atoms with Crippen LogP contribution in [0, 0.1) is 6.92 Å². The number of halogens is 2. The van der Waals surface area contributed by atoms with Crippen molar-refractivity contribution in [3.05, 3.63) is 45.1 Å². The van der Waals surface area contributed by atoms with Crippen molar-refractivity contribution in [2.24, 2.45) is 0 Å². The molecule has 0 radical (unpaired) electrons. The molecule has 2 aromatic rings. The van der Waals surface area contributed by atoms with Gasteiger partial charge in [-0.15, -0.1) is 0 Å². The summed E-state index contributed by atoms with van der Waals surface area (Å²) < 4.78 is 7.38. The van der Waals surface area contributed by atoms with E-state index in [1.165, 1.54) is 0 Å². The molecule has 1 aromatic carbocycles. The Morgan fingerprint density at radius 3 is 2.44 bits per heavy atom. The van der Waals surface area contributed by atoms with E-state index in [1.54, 1.807) is 12.4 Å². The van der Waals surface area contributed by atoms with Gasteiger partial charge in [-0.1, -0.05) is 15.9 Å². The van der Waals surface area contributed by atoms with Gasteiger partial charge in [-0.05, 0) is 46.6 Å². The van der Waals surface area contributed by atoms with Crippen LogP contribution in [-0.2, 0) is 0 Å². The first-order valence-electron chi connectivity index (χ1n) is 4.57. The Labute approximate surface area is 110 Å². The van der Waals surface area contributed by atoms with Crippen molar-refractivity contribution >= 4 is 31.9 Å². The van der Waals surface area contributed by atoms with Gasteiger partial charge in [0.2, 0.25) is 0 Å². The van der Waals surface area contributed by atoms with Crippen LogP contribution in [-0.4, -0.2) is 9.97 Å². The van der Waals surface area contributed by atoms with E-state index < -0.39 is 0 Å². The predicted octanol–water partition coefficient (Wildman–Crippen LogP) is 4.10. The average Bonchev–Trinajstić information content (AvgIpc) is 2.27. The molecule has 0 bridgehead atoms. The van der Waals surface area contributed by atoms with Crippen molar-refractivity contribution in [1.82, 2.24) is 9.97 Å². The van der Waals surface area contributed by atoms with Crippen molar-refractivity contribution in [3.63, 3.8) is 0 Å². The highest BCUT2D eigenvalue weighted by Crippen LogP contribution is 2.24. The van der Waals surface area contributed by atoms with Crippen LogP contribution in [0.1, 0.15) is 5.56 Å². The van der Waals surface area contributed by atoms with Crippen molar-refractivity contribution < 1.29 is 4.74 Å². The first-order chi connectivity index (χ1) is 7.65. The molecular formula is C11H8Br2N2O. The van der Waals surface area contributed by atoms with Crippen LogP contribution < -0.4 is 4.74 Å². The molecule has 3 nitrogen and oxygen atoms in total. The van der Waals surface area contributed by atoms with Crippen molar-refractivity contribution in [2.75, 3.05) is 0 Å². The smallest absolute Gasteiger partial charge is 0.321 e. The van der Waals surface area contributed by atoms with Crippen molar-refractivity contribution in [2.45, 2.75) is 6.92 Å².